The Bertz CT molecular complexity index is 1020. The first-order valence-electron chi connectivity index (χ1n) is 8.77. The van der Waals surface area contributed by atoms with Crippen LogP contribution in [0.3, 0.4) is 0 Å². The molecule has 0 heterocycles. The molecule has 0 aromatic heterocycles. The Balaban J connectivity index is 1.73. The molecular weight excluding hydrogens is 354 g/mol. The molecule has 0 bridgehead atoms. The van der Waals surface area contributed by atoms with E-state index in [0.717, 1.165) is 5.56 Å². The van der Waals surface area contributed by atoms with Crippen LogP contribution in [0.25, 0.3) is 0 Å². The molecular formula is C22H21N3O3. The van der Waals surface area contributed by atoms with Gasteiger partial charge >= 0.3 is 6.03 Å². The Morgan fingerprint density at radius 1 is 0.750 bits per heavy atom. The number of hydrogen-bond acceptors (Lipinski definition) is 3. The van der Waals surface area contributed by atoms with Gasteiger partial charge in [0.15, 0.2) is 0 Å². The summed E-state index contributed by atoms with van der Waals surface area (Å²) in [5, 5.41) is 18.4. The number of amides is 3. The summed E-state index contributed by atoms with van der Waals surface area (Å²) in [6.45, 7) is 3.58. The van der Waals surface area contributed by atoms with Crippen molar-refractivity contribution in [2.24, 2.45) is 0 Å². The van der Waals surface area contributed by atoms with Crippen molar-refractivity contribution in [3.63, 3.8) is 0 Å². The van der Waals surface area contributed by atoms with Crippen LogP contribution in [0.15, 0.2) is 66.7 Å². The van der Waals surface area contributed by atoms with Gasteiger partial charge in [-0.05, 0) is 55.3 Å². The molecule has 0 spiro atoms. The molecule has 142 valence electrons. The van der Waals surface area contributed by atoms with Crippen LogP contribution in [0.5, 0.6) is 5.75 Å². The van der Waals surface area contributed by atoms with Gasteiger partial charge in [0, 0.05) is 17.1 Å². The van der Waals surface area contributed by atoms with Crippen LogP contribution in [-0.2, 0) is 0 Å². The number of benzene rings is 3. The molecule has 0 atom stereocenters. The van der Waals surface area contributed by atoms with E-state index in [-0.39, 0.29) is 17.3 Å². The quantitative estimate of drug-likeness (QED) is 0.522. The van der Waals surface area contributed by atoms with E-state index in [1.165, 1.54) is 0 Å². The summed E-state index contributed by atoms with van der Waals surface area (Å²) in [5.41, 5.74) is 3.40. The lowest BCUT2D eigenvalue weighted by Crippen LogP contribution is -2.19. The highest BCUT2D eigenvalue weighted by molar-refractivity contribution is 6.07. The van der Waals surface area contributed by atoms with E-state index < -0.39 is 5.91 Å². The summed E-state index contributed by atoms with van der Waals surface area (Å²) >= 11 is 0. The fraction of sp³-hybridized carbons (Fsp3) is 0.0909. The van der Waals surface area contributed by atoms with E-state index in [1.54, 1.807) is 55.5 Å². The average Bonchev–Trinajstić information content (AvgIpc) is 2.67. The number of para-hydroxylation sites is 2. The van der Waals surface area contributed by atoms with Crippen LogP contribution in [-0.4, -0.2) is 17.0 Å². The molecule has 28 heavy (non-hydrogen) atoms. The minimum absolute atomic E-state index is 0.0471. The fourth-order valence-corrected chi connectivity index (χ4v) is 2.68. The van der Waals surface area contributed by atoms with Gasteiger partial charge in [0.1, 0.15) is 5.75 Å². The second-order valence-corrected chi connectivity index (χ2v) is 6.40. The monoisotopic (exact) mass is 375 g/mol. The Labute approximate surface area is 163 Å². The van der Waals surface area contributed by atoms with Gasteiger partial charge in [0.25, 0.3) is 5.91 Å². The van der Waals surface area contributed by atoms with Gasteiger partial charge < -0.3 is 21.1 Å². The van der Waals surface area contributed by atoms with E-state index in [9.17, 15) is 14.7 Å². The van der Waals surface area contributed by atoms with Crippen molar-refractivity contribution < 1.29 is 14.7 Å². The van der Waals surface area contributed by atoms with Gasteiger partial charge in [-0.2, -0.15) is 0 Å². The summed E-state index contributed by atoms with van der Waals surface area (Å²) in [4.78, 5) is 24.7. The maximum atomic E-state index is 12.5. The van der Waals surface area contributed by atoms with Gasteiger partial charge in [-0.3, -0.25) is 4.79 Å². The highest BCUT2D eigenvalue weighted by Gasteiger charge is 2.14. The van der Waals surface area contributed by atoms with Crippen molar-refractivity contribution in [1.29, 1.82) is 0 Å². The van der Waals surface area contributed by atoms with Gasteiger partial charge in [0.05, 0.1) is 5.56 Å². The van der Waals surface area contributed by atoms with Crippen molar-refractivity contribution in [3.8, 4) is 5.75 Å². The number of nitrogens with one attached hydrogen (secondary N) is 3. The lowest BCUT2D eigenvalue weighted by Gasteiger charge is -2.13. The molecule has 0 aliphatic heterocycles. The summed E-state index contributed by atoms with van der Waals surface area (Å²) in [5.74, 6) is -0.468. The number of carbonyl (C=O) groups excluding carboxylic acids is 2. The molecule has 6 nitrogen and oxygen atoms in total. The van der Waals surface area contributed by atoms with Crippen molar-refractivity contribution in [2.75, 3.05) is 16.0 Å². The third kappa shape index (κ3) is 4.48. The predicted octanol–water partition coefficient (Wildman–Crippen LogP) is 4.91. The van der Waals surface area contributed by atoms with Crippen LogP contribution in [0.1, 0.15) is 21.5 Å². The first kappa shape index (κ1) is 19.0. The number of phenolic OH excluding ortho intramolecular Hbond substituents is 1. The molecule has 0 fully saturated rings. The molecule has 6 heteroatoms. The SMILES string of the molecule is Cc1ccc(NC(=O)Nc2ccccc2)cc1NC(=O)c1cccc(C)c1O. The van der Waals surface area contributed by atoms with E-state index in [4.69, 9.17) is 0 Å². The highest BCUT2D eigenvalue weighted by atomic mass is 16.3. The minimum Gasteiger partial charge on any atom is -0.507 e. The normalized spacial score (nSPS) is 10.2. The second kappa shape index (κ2) is 8.26. The molecule has 4 N–H and O–H groups in total. The highest BCUT2D eigenvalue weighted by Crippen LogP contribution is 2.25. The standard InChI is InChI=1S/C22H21N3O3/c1-14-11-12-17(24-22(28)23-16-8-4-3-5-9-16)13-19(14)25-21(27)18-10-6-7-15(2)20(18)26/h3-13,26H,1-2H3,(H,25,27)(H2,23,24,28). The van der Waals surface area contributed by atoms with Gasteiger partial charge in [-0.15, -0.1) is 0 Å². The number of aryl methyl sites for hydroxylation is 2. The number of hydrogen-bond donors (Lipinski definition) is 4. The zero-order valence-corrected chi connectivity index (χ0v) is 15.6. The summed E-state index contributed by atoms with van der Waals surface area (Å²) in [7, 11) is 0. The number of carbonyl (C=O) groups is 2. The van der Waals surface area contributed by atoms with Crippen molar-refractivity contribution in [2.45, 2.75) is 13.8 Å². The van der Waals surface area contributed by atoms with E-state index in [0.29, 0.717) is 22.6 Å². The Morgan fingerprint density at radius 2 is 1.46 bits per heavy atom. The lowest BCUT2D eigenvalue weighted by molar-refractivity contribution is 0.102. The Morgan fingerprint density at radius 3 is 2.21 bits per heavy atom. The number of urea groups is 1. The molecule has 0 saturated heterocycles. The second-order valence-electron chi connectivity index (χ2n) is 6.40. The smallest absolute Gasteiger partial charge is 0.323 e. The molecule has 0 aliphatic rings. The predicted molar refractivity (Wildman–Crippen MR) is 111 cm³/mol. The Hall–Kier alpha value is -3.80. The number of phenols is 1. The maximum absolute atomic E-state index is 12.5. The molecule has 3 rings (SSSR count). The number of aromatic hydroxyl groups is 1. The average molecular weight is 375 g/mol. The first-order chi connectivity index (χ1) is 13.4. The zero-order chi connectivity index (χ0) is 20.1. The van der Waals surface area contributed by atoms with E-state index in [1.807, 2.05) is 25.1 Å². The van der Waals surface area contributed by atoms with Crippen LogP contribution < -0.4 is 16.0 Å². The van der Waals surface area contributed by atoms with Gasteiger partial charge in [-0.25, -0.2) is 4.79 Å². The summed E-state index contributed by atoms with van der Waals surface area (Å²) in [6.07, 6.45) is 0. The topological polar surface area (TPSA) is 90.5 Å². The zero-order valence-electron chi connectivity index (χ0n) is 15.6. The van der Waals surface area contributed by atoms with Gasteiger partial charge in [0.2, 0.25) is 0 Å². The molecule has 0 unspecified atom stereocenters. The maximum Gasteiger partial charge on any atom is 0.323 e. The first-order valence-corrected chi connectivity index (χ1v) is 8.77. The fourth-order valence-electron chi connectivity index (χ4n) is 2.68. The third-order valence-electron chi connectivity index (χ3n) is 4.26. The van der Waals surface area contributed by atoms with Gasteiger partial charge in [-0.1, -0.05) is 36.4 Å². The van der Waals surface area contributed by atoms with Crippen molar-refractivity contribution in [1.82, 2.24) is 0 Å². The van der Waals surface area contributed by atoms with Crippen molar-refractivity contribution in [3.05, 3.63) is 83.4 Å². The minimum atomic E-state index is -0.421. The van der Waals surface area contributed by atoms with E-state index in [2.05, 4.69) is 16.0 Å². The van der Waals surface area contributed by atoms with Crippen molar-refractivity contribution >= 4 is 29.0 Å². The molecule has 3 amide bonds. The molecule has 3 aromatic rings. The largest absolute Gasteiger partial charge is 0.507 e. The molecule has 3 aromatic carbocycles. The van der Waals surface area contributed by atoms with Crippen LogP contribution in [0.2, 0.25) is 0 Å². The number of anilines is 3. The molecule has 0 aliphatic carbocycles. The Kier molecular flexibility index (Phi) is 5.60. The van der Waals surface area contributed by atoms with Crippen LogP contribution >= 0.6 is 0 Å². The van der Waals surface area contributed by atoms with Crippen LogP contribution in [0.4, 0.5) is 21.9 Å². The summed E-state index contributed by atoms with van der Waals surface area (Å²) < 4.78 is 0. The van der Waals surface area contributed by atoms with E-state index >= 15 is 0 Å². The van der Waals surface area contributed by atoms with Crippen LogP contribution in [0, 0.1) is 13.8 Å². The summed E-state index contributed by atoms with van der Waals surface area (Å²) in [6, 6.07) is 18.9. The number of rotatable bonds is 4. The lowest BCUT2D eigenvalue weighted by atomic mass is 10.1. The molecule has 0 radical (unpaired) electrons. The third-order valence-corrected chi connectivity index (χ3v) is 4.26. The molecule has 0 saturated carbocycles.